The van der Waals surface area contributed by atoms with Crippen LogP contribution in [0, 0.1) is 0 Å². The van der Waals surface area contributed by atoms with Crippen molar-refractivity contribution in [3.63, 3.8) is 0 Å². The predicted molar refractivity (Wildman–Crippen MR) is 71.2 cm³/mol. The van der Waals surface area contributed by atoms with E-state index < -0.39 is 0 Å². The molecule has 0 bridgehead atoms. The van der Waals surface area contributed by atoms with Gasteiger partial charge in [0.1, 0.15) is 0 Å². The van der Waals surface area contributed by atoms with Crippen LogP contribution >= 0.6 is 11.8 Å². The first-order chi connectivity index (χ1) is 7.90. The van der Waals surface area contributed by atoms with E-state index in [0.29, 0.717) is 0 Å². The molecule has 1 unspecified atom stereocenters. The molecule has 1 aromatic carbocycles. The van der Waals surface area contributed by atoms with Gasteiger partial charge in [0.25, 0.3) is 0 Å². The fourth-order valence-corrected chi connectivity index (χ4v) is 3.63. The van der Waals surface area contributed by atoms with Crippen LogP contribution in [-0.4, -0.2) is 11.0 Å². The van der Waals surface area contributed by atoms with E-state index in [1.54, 1.807) is 0 Å². The van der Waals surface area contributed by atoms with Gasteiger partial charge in [-0.3, -0.25) is 11.3 Å². The van der Waals surface area contributed by atoms with Crippen molar-refractivity contribution in [1.29, 1.82) is 0 Å². The molecule has 1 atom stereocenters. The second-order valence-electron chi connectivity index (χ2n) is 4.37. The molecule has 0 aliphatic heterocycles. The molecule has 1 fully saturated rings. The van der Waals surface area contributed by atoms with Crippen LogP contribution in [0.15, 0.2) is 30.3 Å². The Kier molecular flexibility index (Phi) is 4.69. The molecule has 2 nitrogen and oxygen atoms in total. The molecule has 1 aliphatic rings. The van der Waals surface area contributed by atoms with Crippen molar-refractivity contribution in [3.8, 4) is 0 Å². The molecule has 1 saturated carbocycles. The van der Waals surface area contributed by atoms with E-state index in [4.69, 9.17) is 5.84 Å². The third-order valence-corrected chi connectivity index (χ3v) is 4.67. The Bertz CT molecular complexity index is 296. The van der Waals surface area contributed by atoms with Crippen molar-refractivity contribution < 1.29 is 0 Å². The average molecular weight is 236 g/mol. The maximum absolute atomic E-state index is 5.63. The molecule has 88 valence electrons. The molecule has 2 rings (SSSR count). The van der Waals surface area contributed by atoms with Crippen LogP contribution in [0.4, 0.5) is 0 Å². The van der Waals surface area contributed by atoms with Gasteiger partial charge in [0.2, 0.25) is 0 Å². The Labute approximate surface area is 102 Å². The molecule has 16 heavy (non-hydrogen) atoms. The highest BCUT2D eigenvalue weighted by Crippen LogP contribution is 2.31. The van der Waals surface area contributed by atoms with E-state index in [2.05, 4.69) is 41.5 Å². The van der Waals surface area contributed by atoms with E-state index in [1.165, 1.54) is 31.2 Å². The molecule has 0 spiro atoms. The predicted octanol–water partition coefficient (Wildman–Crippen LogP) is 2.87. The Morgan fingerprint density at radius 2 is 1.94 bits per heavy atom. The number of hydrazine groups is 1. The molecule has 3 N–H and O–H groups in total. The van der Waals surface area contributed by atoms with Gasteiger partial charge in [-0.15, -0.1) is 0 Å². The first kappa shape index (κ1) is 12.0. The van der Waals surface area contributed by atoms with Crippen LogP contribution in [0.3, 0.4) is 0 Å². The Hall–Kier alpha value is -0.510. The van der Waals surface area contributed by atoms with Crippen molar-refractivity contribution in [2.75, 3.05) is 5.75 Å². The largest absolute Gasteiger partial charge is 0.271 e. The SMILES string of the molecule is NNC(CSC1CCCC1)c1ccccc1. The number of rotatable bonds is 5. The summed E-state index contributed by atoms with van der Waals surface area (Å²) in [7, 11) is 0. The third kappa shape index (κ3) is 3.24. The normalized spacial score (nSPS) is 18.8. The standard InChI is InChI=1S/C13H20N2S/c14-15-13(11-6-2-1-3-7-11)10-16-12-8-4-5-9-12/h1-3,6-7,12-13,15H,4-5,8-10,14H2. The van der Waals surface area contributed by atoms with E-state index in [9.17, 15) is 0 Å². The summed E-state index contributed by atoms with van der Waals surface area (Å²) in [5.74, 6) is 6.70. The minimum absolute atomic E-state index is 0.284. The Morgan fingerprint density at radius 1 is 1.25 bits per heavy atom. The number of benzene rings is 1. The average Bonchev–Trinajstić information content (AvgIpc) is 2.84. The summed E-state index contributed by atoms with van der Waals surface area (Å²) >= 11 is 2.07. The third-order valence-electron chi connectivity index (χ3n) is 3.20. The van der Waals surface area contributed by atoms with E-state index in [0.717, 1.165) is 11.0 Å². The summed E-state index contributed by atoms with van der Waals surface area (Å²) in [6.07, 6.45) is 5.58. The highest BCUT2D eigenvalue weighted by molar-refractivity contribution is 7.99. The van der Waals surface area contributed by atoms with Crippen molar-refractivity contribution in [1.82, 2.24) is 5.43 Å². The quantitative estimate of drug-likeness (QED) is 0.610. The summed E-state index contributed by atoms with van der Waals surface area (Å²) in [6.45, 7) is 0. The number of thioether (sulfide) groups is 1. The van der Waals surface area contributed by atoms with Crippen LogP contribution in [0.2, 0.25) is 0 Å². The summed E-state index contributed by atoms with van der Waals surface area (Å²) in [6, 6.07) is 10.7. The molecule has 0 radical (unpaired) electrons. The molecule has 0 heterocycles. The number of hydrogen-bond donors (Lipinski definition) is 2. The van der Waals surface area contributed by atoms with Gasteiger partial charge in [-0.25, -0.2) is 0 Å². The zero-order chi connectivity index (χ0) is 11.2. The molecule has 3 heteroatoms. The summed E-state index contributed by atoms with van der Waals surface area (Å²) in [5.41, 5.74) is 4.21. The molecule has 0 aromatic heterocycles. The van der Waals surface area contributed by atoms with Crippen LogP contribution in [-0.2, 0) is 0 Å². The monoisotopic (exact) mass is 236 g/mol. The minimum atomic E-state index is 0.284. The Morgan fingerprint density at radius 3 is 2.56 bits per heavy atom. The molecule has 0 saturated heterocycles. The smallest absolute Gasteiger partial charge is 0.0550 e. The van der Waals surface area contributed by atoms with Crippen molar-refractivity contribution in [2.24, 2.45) is 5.84 Å². The lowest BCUT2D eigenvalue weighted by atomic mass is 10.1. The van der Waals surface area contributed by atoms with Gasteiger partial charge < -0.3 is 0 Å². The van der Waals surface area contributed by atoms with Crippen molar-refractivity contribution in [3.05, 3.63) is 35.9 Å². The van der Waals surface area contributed by atoms with Gasteiger partial charge in [-0.1, -0.05) is 43.2 Å². The van der Waals surface area contributed by atoms with Crippen LogP contribution in [0.25, 0.3) is 0 Å². The topological polar surface area (TPSA) is 38.0 Å². The van der Waals surface area contributed by atoms with Gasteiger partial charge in [-0.05, 0) is 18.4 Å². The van der Waals surface area contributed by atoms with E-state index in [1.807, 2.05) is 6.07 Å². The molecule has 1 aliphatic carbocycles. The summed E-state index contributed by atoms with van der Waals surface area (Å²) < 4.78 is 0. The van der Waals surface area contributed by atoms with Gasteiger partial charge in [0.05, 0.1) is 6.04 Å². The zero-order valence-electron chi connectivity index (χ0n) is 9.56. The second kappa shape index (κ2) is 6.28. The fourth-order valence-electron chi connectivity index (χ4n) is 2.21. The van der Waals surface area contributed by atoms with Crippen molar-refractivity contribution in [2.45, 2.75) is 37.0 Å². The van der Waals surface area contributed by atoms with Crippen LogP contribution in [0.5, 0.6) is 0 Å². The summed E-state index contributed by atoms with van der Waals surface area (Å²) in [4.78, 5) is 0. The lowest BCUT2D eigenvalue weighted by molar-refractivity contribution is 0.609. The highest BCUT2D eigenvalue weighted by Gasteiger charge is 2.17. The van der Waals surface area contributed by atoms with Crippen molar-refractivity contribution >= 4 is 11.8 Å². The molecule has 1 aromatic rings. The maximum Gasteiger partial charge on any atom is 0.0550 e. The number of hydrogen-bond acceptors (Lipinski definition) is 3. The lowest BCUT2D eigenvalue weighted by Crippen LogP contribution is -2.30. The molecule has 0 amide bonds. The number of nitrogens with two attached hydrogens (primary N) is 1. The van der Waals surface area contributed by atoms with E-state index in [-0.39, 0.29) is 6.04 Å². The molecular formula is C13H20N2S. The molecular weight excluding hydrogens is 216 g/mol. The first-order valence-electron chi connectivity index (χ1n) is 6.03. The van der Waals surface area contributed by atoms with Gasteiger partial charge >= 0.3 is 0 Å². The van der Waals surface area contributed by atoms with Gasteiger partial charge in [0.15, 0.2) is 0 Å². The highest BCUT2D eigenvalue weighted by atomic mass is 32.2. The van der Waals surface area contributed by atoms with Crippen LogP contribution < -0.4 is 11.3 Å². The van der Waals surface area contributed by atoms with Gasteiger partial charge in [-0.2, -0.15) is 11.8 Å². The Balaban J connectivity index is 1.85. The first-order valence-corrected chi connectivity index (χ1v) is 7.07. The summed E-state index contributed by atoms with van der Waals surface area (Å²) in [5, 5.41) is 0.861. The fraction of sp³-hybridized carbons (Fsp3) is 0.538. The number of nitrogens with one attached hydrogen (secondary N) is 1. The maximum atomic E-state index is 5.63. The minimum Gasteiger partial charge on any atom is -0.271 e. The van der Waals surface area contributed by atoms with E-state index >= 15 is 0 Å². The zero-order valence-corrected chi connectivity index (χ0v) is 10.4. The second-order valence-corrected chi connectivity index (χ2v) is 5.70. The van der Waals surface area contributed by atoms with Gasteiger partial charge in [0, 0.05) is 11.0 Å². The lowest BCUT2D eigenvalue weighted by Gasteiger charge is -2.18. The van der Waals surface area contributed by atoms with Crippen LogP contribution in [0.1, 0.15) is 37.3 Å².